The van der Waals surface area contributed by atoms with Crippen LogP contribution in [0.1, 0.15) is 11.1 Å². The number of methoxy groups -OCH3 is 1. The number of benzene rings is 2. The van der Waals surface area contributed by atoms with Crippen LogP contribution in [0.2, 0.25) is 0 Å². The van der Waals surface area contributed by atoms with Crippen molar-refractivity contribution in [1.29, 1.82) is 0 Å². The van der Waals surface area contributed by atoms with Crippen LogP contribution < -0.4 is 20.1 Å². The Morgan fingerprint density at radius 2 is 1.79 bits per heavy atom. The van der Waals surface area contributed by atoms with Crippen LogP contribution in [0.15, 0.2) is 53.5 Å². The van der Waals surface area contributed by atoms with Gasteiger partial charge in [0.25, 0.3) is 0 Å². The maximum absolute atomic E-state index is 5.79. The first-order chi connectivity index (χ1) is 13.1. The molecule has 0 atom stereocenters. The van der Waals surface area contributed by atoms with Gasteiger partial charge in [0, 0.05) is 32.2 Å². The Balaban J connectivity index is 0.00000392. The molecule has 0 heterocycles. The average Bonchev–Trinajstić information content (AvgIpc) is 2.68. The highest BCUT2D eigenvalue weighted by molar-refractivity contribution is 14.0. The zero-order valence-corrected chi connectivity index (χ0v) is 19.4. The van der Waals surface area contributed by atoms with Crippen molar-refractivity contribution in [3.05, 3.63) is 59.7 Å². The van der Waals surface area contributed by atoms with E-state index in [-0.39, 0.29) is 24.0 Å². The van der Waals surface area contributed by atoms with Crippen molar-refractivity contribution in [2.75, 3.05) is 41.4 Å². The van der Waals surface area contributed by atoms with Crippen LogP contribution in [-0.4, -0.2) is 52.3 Å². The number of nitrogens with zero attached hydrogens (tertiary/aromatic N) is 2. The predicted octanol–water partition coefficient (Wildman–Crippen LogP) is 3.12. The molecular weight excluding hydrogens is 467 g/mol. The van der Waals surface area contributed by atoms with E-state index in [9.17, 15) is 0 Å². The van der Waals surface area contributed by atoms with E-state index in [0.29, 0.717) is 19.7 Å². The van der Waals surface area contributed by atoms with E-state index in [2.05, 4.69) is 32.7 Å². The molecule has 154 valence electrons. The lowest BCUT2D eigenvalue weighted by Crippen LogP contribution is -2.36. The predicted molar refractivity (Wildman–Crippen MR) is 126 cm³/mol. The van der Waals surface area contributed by atoms with Crippen molar-refractivity contribution in [1.82, 2.24) is 15.5 Å². The van der Waals surface area contributed by atoms with Crippen LogP contribution in [0.3, 0.4) is 0 Å². The first kappa shape index (κ1) is 24.0. The van der Waals surface area contributed by atoms with Gasteiger partial charge in [0.1, 0.15) is 18.1 Å². The number of hydrogen-bond donors (Lipinski definition) is 2. The molecule has 0 aromatic heterocycles. The number of nitrogens with one attached hydrogen (secondary N) is 2. The summed E-state index contributed by atoms with van der Waals surface area (Å²) in [5.41, 5.74) is 2.22. The van der Waals surface area contributed by atoms with E-state index < -0.39 is 0 Å². The smallest absolute Gasteiger partial charge is 0.191 e. The van der Waals surface area contributed by atoms with Crippen molar-refractivity contribution in [2.24, 2.45) is 4.99 Å². The van der Waals surface area contributed by atoms with Gasteiger partial charge in [-0.05, 0) is 37.9 Å². The molecule has 2 rings (SSSR count). The standard InChI is InChI=1S/C21H30N4O2.HI/c1-22-21(24-16-18-9-5-6-11-20(18)26-4)23-15-17-8-7-10-19(14-17)27-13-12-25(2)3;/h5-11,14H,12-13,15-16H2,1-4H3,(H2,22,23,24);1H. The van der Waals surface area contributed by atoms with E-state index in [1.165, 1.54) is 0 Å². The second kappa shape index (κ2) is 13.2. The van der Waals surface area contributed by atoms with Crippen LogP contribution >= 0.6 is 24.0 Å². The SMILES string of the molecule is CN=C(NCc1cccc(OCCN(C)C)c1)NCc1ccccc1OC.I. The lowest BCUT2D eigenvalue weighted by atomic mass is 10.2. The number of guanidine groups is 1. The van der Waals surface area contributed by atoms with Crippen molar-refractivity contribution < 1.29 is 9.47 Å². The molecule has 0 amide bonds. The highest BCUT2D eigenvalue weighted by Gasteiger charge is 2.04. The molecule has 2 aromatic rings. The van der Waals surface area contributed by atoms with Gasteiger partial charge in [-0.1, -0.05) is 30.3 Å². The summed E-state index contributed by atoms with van der Waals surface area (Å²) in [4.78, 5) is 6.38. The molecular formula is C21H31IN4O2. The monoisotopic (exact) mass is 498 g/mol. The number of hydrogen-bond acceptors (Lipinski definition) is 4. The summed E-state index contributed by atoms with van der Waals surface area (Å²) in [5.74, 6) is 2.48. The summed E-state index contributed by atoms with van der Waals surface area (Å²) in [6.45, 7) is 2.86. The minimum atomic E-state index is 0. The number of rotatable bonds is 9. The Kier molecular flexibility index (Phi) is 11.4. The number of ether oxygens (including phenoxy) is 2. The molecule has 2 aromatic carbocycles. The molecule has 2 N–H and O–H groups in total. The largest absolute Gasteiger partial charge is 0.496 e. The molecule has 0 aliphatic carbocycles. The number of aliphatic imine (C=N–C) groups is 1. The molecule has 6 nitrogen and oxygen atoms in total. The zero-order chi connectivity index (χ0) is 19.5. The summed E-state index contributed by atoms with van der Waals surface area (Å²) in [6.07, 6.45) is 0. The fourth-order valence-corrected chi connectivity index (χ4v) is 2.53. The second-order valence-electron chi connectivity index (χ2n) is 6.39. The van der Waals surface area contributed by atoms with E-state index in [0.717, 1.165) is 35.1 Å². The number of halogens is 1. The summed E-state index contributed by atoms with van der Waals surface area (Å²) >= 11 is 0. The van der Waals surface area contributed by atoms with Gasteiger partial charge in [-0.2, -0.15) is 0 Å². The van der Waals surface area contributed by atoms with Crippen LogP contribution in [0.25, 0.3) is 0 Å². The summed E-state index contributed by atoms with van der Waals surface area (Å²) in [6, 6.07) is 16.1. The minimum Gasteiger partial charge on any atom is -0.496 e. The van der Waals surface area contributed by atoms with Crippen molar-refractivity contribution in [2.45, 2.75) is 13.1 Å². The number of likely N-dealkylation sites (N-methyl/N-ethyl adjacent to an activating group) is 1. The first-order valence-electron chi connectivity index (χ1n) is 9.05. The van der Waals surface area contributed by atoms with Crippen LogP contribution in [0.5, 0.6) is 11.5 Å². The van der Waals surface area contributed by atoms with E-state index in [1.54, 1.807) is 14.2 Å². The Hall–Kier alpha value is -2.00. The van der Waals surface area contributed by atoms with Gasteiger partial charge in [0.15, 0.2) is 5.96 Å². The van der Waals surface area contributed by atoms with Crippen molar-refractivity contribution >= 4 is 29.9 Å². The molecule has 0 spiro atoms. The molecule has 0 radical (unpaired) electrons. The molecule has 0 aliphatic heterocycles. The maximum atomic E-state index is 5.79. The maximum Gasteiger partial charge on any atom is 0.191 e. The van der Waals surface area contributed by atoms with E-state index in [4.69, 9.17) is 9.47 Å². The van der Waals surface area contributed by atoms with E-state index >= 15 is 0 Å². The molecule has 0 fully saturated rings. The first-order valence-corrected chi connectivity index (χ1v) is 9.05. The zero-order valence-electron chi connectivity index (χ0n) is 17.1. The molecule has 0 bridgehead atoms. The normalized spacial score (nSPS) is 11.0. The van der Waals surface area contributed by atoms with Gasteiger partial charge >= 0.3 is 0 Å². The van der Waals surface area contributed by atoms with Crippen molar-refractivity contribution in [3.63, 3.8) is 0 Å². The Bertz CT molecular complexity index is 738. The van der Waals surface area contributed by atoms with Crippen LogP contribution in [-0.2, 0) is 13.1 Å². The fraction of sp³-hybridized carbons (Fsp3) is 0.381. The van der Waals surface area contributed by atoms with Gasteiger partial charge in [0.2, 0.25) is 0 Å². The molecule has 28 heavy (non-hydrogen) atoms. The third-order valence-electron chi connectivity index (χ3n) is 4.03. The van der Waals surface area contributed by atoms with Crippen molar-refractivity contribution in [3.8, 4) is 11.5 Å². The minimum absolute atomic E-state index is 0. The lowest BCUT2D eigenvalue weighted by Gasteiger charge is -2.14. The summed E-state index contributed by atoms with van der Waals surface area (Å²) < 4.78 is 11.2. The molecule has 7 heteroatoms. The van der Waals surface area contributed by atoms with Gasteiger partial charge in [-0.15, -0.1) is 24.0 Å². The second-order valence-corrected chi connectivity index (χ2v) is 6.39. The quantitative estimate of drug-likeness (QED) is 0.316. The number of para-hydroxylation sites is 1. The fourth-order valence-electron chi connectivity index (χ4n) is 2.53. The average molecular weight is 498 g/mol. The van der Waals surface area contributed by atoms with Crippen LogP contribution in [0.4, 0.5) is 0 Å². The van der Waals surface area contributed by atoms with Gasteiger partial charge in [0.05, 0.1) is 7.11 Å². The third kappa shape index (κ3) is 8.35. The summed E-state index contributed by atoms with van der Waals surface area (Å²) in [7, 11) is 7.51. The highest BCUT2D eigenvalue weighted by Crippen LogP contribution is 2.16. The van der Waals surface area contributed by atoms with Gasteiger partial charge < -0.3 is 25.0 Å². The molecule has 0 aliphatic rings. The van der Waals surface area contributed by atoms with E-state index in [1.807, 2.05) is 50.5 Å². The Morgan fingerprint density at radius 3 is 2.50 bits per heavy atom. The summed E-state index contributed by atoms with van der Waals surface area (Å²) in [5, 5.41) is 6.64. The molecule has 0 saturated carbocycles. The highest BCUT2D eigenvalue weighted by atomic mass is 127. The lowest BCUT2D eigenvalue weighted by molar-refractivity contribution is 0.261. The van der Waals surface area contributed by atoms with Gasteiger partial charge in [-0.25, -0.2) is 0 Å². The molecule has 0 unspecified atom stereocenters. The van der Waals surface area contributed by atoms with Crippen LogP contribution in [0, 0.1) is 0 Å². The Labute approximate surface area is 185 Å². The Morgan fingerprint density at radius 1 is 1.04 bits per heavy atom. The topological polar surface area (TPSA) is 58.1 Å². The molecule has 0 saturated heterocycles. The van der Waals surface area contributed by atoms with Gasteiger partial charge in [-0.3, -0.25) is 4.99 Å². The third-order valence-corrected chi connectivity index (χ3v) is 4.03.